The Labute approximate surface area is 160 Å². The molecule has 0 spiro atoms. The number of anilines is 2. The third-order valence-corrected chi connectivity index (χ3v) is 5.11. The maximum Gasteiger partial charge on any atom is 0.229 e. The predicted molar refractivity (Wildman–Crippen MR) is 107 cm³/mol. The van der Waals surface area contributed by atoms with Gasteiger partial charge in [0.05, 0.1) is 13.0 Å². The van der Waals surface area contributed by atoms with Crippen molar-refractivity contribution in [2.24, 2.45) is 5.92 Å². The van der Waals surface area contributed by atoms with Crippen molar-refractivity contribution >= 4 is 23.2 Å². The van der Waals surface area contributed by atoms with Crippen LogP contribution in [0.4, 0.5) is 11.4 Å². The van der Waals surface area contributed by atoms with Crippen LogP contribution in [0.2, 0.25) is 0 Å². The van der Waals surface area contributed by atoms with Gasteiger partial charge < -0.3 is 15.0 Å². The lowest BCUT2D eigenvalue weighted by Crippen LogP contribution is -2.28. The smallest absolute Gasteiger partial charge is 0.229 e. The third kappa shape index (κ3) is 3.97. The van der Waals surface area contributed by atoms with E-state index in [-0.39, 0.29) is 24.2 Å². The molecule has 0 saturated carbocycles. The summed E-state index contributed by atoms with van der Waals surface area (Å²) < 4.78 is 5.24. The van der Waals surface area contributed by atoms with Gasteiger partial charge in [-0.1, -0.05) is 38.1 Å². The molecule has 2 aromatic carbocycles. The first-order valence-electron chi connectivity index (χ1n) is 9.43. The number of para-hydroxylation sites is 1. The molecule has 1 N–H and O–H groups in total. The molecule has 2 amide bonds. The van der Waals surface area contributed by atoms with Gasteiger partial charge in [-0.25, -0.2) is 0 Å². The van der Waals surface area contributed by atoms with Crippen LogP contribution in [0, 0.1) is 5.92 Å². The molecule has 0 radical (unpaired) electrons. The van der Waals surface area contributed by atoms with E-state index in [4.69, 9.17) is 4.74 Å². The number of hydrogen-bond acceptors (Lipinski definition) is 3. The van der Waals surface area contributed by atoms with Gasteiger partial charge in [-0.2, -0.15) is 0 Å². The molecule has 1 atom stereocenters. The summed E-state index contributed by atoms with van der Waals surface area (Å²) in [6.07, 6.45) is 1.92. The van der Waals surface area contributed by atoms with Crippen LogP contribution in [-0.2, 0) is 22.4 Å². The van der Waals surface area contributed by atoms with E-state index in [2.05, 4.69) is 19.2 Å². The molecular weight excluding hydrogens is 340 g/mol. The molecule has 5 nitrogen and oxygen atoms in total. The Morgan fingerprint density at radius 2 is 1.81 bits per heavy atom. The predicted octanol–water partition coefficient (Wildman–Crippen LogP) is 3.81. The standard InChI is InChI=1S/C22H26N2O3/c1-4-15-8-6-9-16(5-2)21(15)23-22(26)17-12-20(25)24(14-17)18-10-7-11-19(13-18)27-3/h6-11,13,17H,4-5,12,14H2,1-3H3,(H,23,26)/t17-/m1/s1. The third-order valence-electron chi connectivity index (χ3n) is 5.11. The number of carbonyl (C=O) groups excluding carboxylic acids is 2. The van der Waals surface area contributed by atoms with Crippen LogP contribution in [0.5, 0.6) is 5.75 Å². The Morgan fingerprint density at radius 1 is 1.15 bits per heavy atom. The Kier molecular flexibility index (Phi) is 5.79. The summed E-state index contributed by atoms with van der Waals surface area (Å²) in [5, 5.41) is 3.10. The van der Waals surface area contributed by atoms with Gasteiger partial charge in [0.15, 0.2) is 0 Å². The van der Waals surface area contributed by atoms with Crippen molar-refractivity contribution in [3.8, 4) is 5.75 Å². The number of nitrogens with one attached hydrogen (secondary N) is 1. The van der Waals surface area contributed by atoms with Crippen molar-refractivity contribution < 1.29 is 14.3 Å². The highest BCUT2D eigenvalue weighted by Crippen LogP contribution is 2.29. The fraction of sp³-hybridized carbons (Fsp3) is 0.364. The molecule has 0 bridgehead atoms. The number of aryl methyl sites for hydroxylation is 2. The maximum absolute atomic E-state index is 12.9. The summed E-state index contributed by atoms with van der Waals surface area (Å²) in [5.41, 5.74) is 3.91. The van der Waals surface area contributed by atoms with Crippen molar-refractivity contribution in [1.29, 1.82) is 0 Å². The van der Waals surface area contributed by atoms with Crippen LogP contribution < -0.4 is 15.0 Å². The van der Waals surface area contributed by atoms with Crippen molar-refractivity contribution in [3.05, 3.63) is 53.6 Å². The zero-order valence-electron chi connectivity index (χ0n) is 16.1. The fourth-order valence-electron chi connectivity index (χ4n) is 3.54. The molecule has 142 valence electrons. The summed E-state index contributed by atoms with van der Waals surface area (Å²) in [6.45, 7) is 4.54. The van der Waals surface area contributed by atoms with Crippen molar-refractivity contribution in [2.45, 2.75) is 33.1 Å². The van der Waals surface area contributed by atoms with E-state index >= 15 is 0 Å². The molecule has 1 heterocycles. The van der Waals surface area contributed by atoms with Gasteiger partial charge in [0, 0.05) is 30.4 Å². The summed E-state index contributed by atoms with van der Waals surface area (Å²) in [7, 11) is 1.59. The first kappa shape index (κ1) is 19.0. The molecule has 1 aliphatic heterocycles. The van der Waals surface area contributed by atoms with Gasteiger partial charge in [-0.3, -0.25) is 9.59 Å². The SMILES string of the molecule is CCc1cccc(CC)c1NC(=O)[C@@H]1CC(=O)N(c2cccc(OC)c2)C1. The van der Waals surface area contributed by atoms with E-state index in [9.17, 15) is 9.59 Å². The lowest BCUT2D eigenvalue weighted by Gasteiger charge is -2.19. The largest absolute Gasteiger partial charge is 0.497 e. The summed E-state index contributed by atoms with van der Waals surface area (Å²) >= 11 is 0. The molecule has 0 unspecified atom stereocenters. The van der Waals surface area contributed by atoms with E-state index in [1.807, 2.05) is 42.5 Å². The van der Waals surface area contributed by atoms with E-state index < -0.39 is 0 Å². The molecule has 3 rings (SSSR count). The second kappa shape index (κ2) is 8.25. The number of hydrogen-bond donors (Lipinski definition) is 1. The van der Waals surface area contributed by atoms with E-state index in [0.29, 0.717) is 12.3 Å². The number of carbonyl (C=O) groups is 2. The topological polar surface area (TPSA) is 58.6 Å². The van der Waals surface area contributed by atoms with Gasteiger partial charge >= 0.3 is 0 Å². The second-order valence-corrected chi connectivity index (χ2v) is 6.75. The number of rotatable bonds is 6. The van der Waals surface area contributed by atoms with Crippen LogP contribution in [0.3, 0.4) is 0 Å². The molecular formula is C22H26N2O3. The highest BCUT2D eigenvalue weighted by molar-refractivity contribution is 6.04. The number of ether oxygens (including phenoxy) is 1. The van der Waals surface area contributed by atoms with Gasteiger partial charge in [-0.15, -0.1) is 0 Å². The fourth-order valence-corrected chi connectivity index (χ4v) is 3.54. The van der Waals surface area contributed by atoms with Crippen LogP contribution >= 0.6 is 0 Å². The minimum Gasteiger partial charge on any atom is -0.497 e. The van der Waals surface area contributed by atoms with Crippen molar-refractivity contribution in [1.82, 2.24) is 0 Å². The molecule has 0 aromatic heterocycles. The number of methoxy groups -OCH3 is 1. The highest BCUT2D eigenvalue weighted by Gasteiger charge is 2.35. The Balaban J connectivity index is 1.77. The normalized spacial score (nSPS) is 16.5. The first-order chi connectivity index (χ1) is 13.1. The highest BCUT2D eigenvalue weighted by atomic mass is 16.5. The molecule has 1 saturated heterocycles. The summed E-state index contributed by atoms with van der Waals surface area (Å²) in [6, 6.07) is 13.5. The molecule has 5 heteroatoms. The number of benzene rings is 2. The molecule has 0 aliphatic carbocycles. The summed E-state index contributed by atoms with van der Waals surface area (Å²) in [4.78, 5) is 27.0. The van der Waals surface area contributed by atoms with Gasteiger partial charge in [0.1, 0.15) is 5.75 Å². The molecule has 1 aliphatic rings. The maximum atomic E-state index is 12.9. The van der Waals surface area contributed by atoms with Crippen LogP contribution in [0.25, 0.3) is 0 Å². The van der Waals surface area contributed by atoms with Crippen molar-refractivity contribution in [2.75, 3.05) is 23.9 Å². The zero-order chi connectivity index (χ0) is 19.4. The van der Waals surface area contributed by atoms with Gasteiger partial charge in [-0.05, 0) is 36.1 Å². The average Bonchev–Trinajstić information content (AvgIpc) is 3.10. The van der Waals surface area contributed by atoms with Gasteiger partial charge in [0.25, 0.3) is 0 Å². The van der Waals surface area contributed by atoms with Gasteiger partial charge in [0.2, 0.25) is 11.8 Å². The molecule has 2 aromatic rings. The van der Waals surface area contributed by atoms with Crippen molar-refractivity contribution in [3.63, 3.8) is 0 Å². The molecule has 1 fully saturated rings. The van der Waals surface area contributed by atoms with Crippen LogP contribution in [-0.4, -0.2) is 25.5 Å². The average molecular weight is 366 g/mol. The van der Waals surface area contributed by atoms with Crippen LogP contribution in [0.1, 0.15) is 31.4 Å². The molecule has 27 heavy (non-hydrogen) atoms. The minimum absolute atomic E-state index is 0.0390. The lowest BCUT2D eigenvalue weighted by atomic mass is 10.0. The first-order valence-corrected chi connectivity index (χ1v) is 9.43. The van der Waals surface area contributed by atoms with E-state index in [0.717, 1.165) is 35.3 Å². The van der Waals surface area contributed by atoms with Crippen LogP contribution in [0.15, 0.2) is 42.5 Å². The van der Waals surface area contributed by atoms with E-state index in [1.165, 1.54) is 0 Å². The van der Waals surface area contributed by atoms with E-state index in [1.54, 1.807) is 12.0 Å². The Morgan fingerprint density at radius 3 is 2.44 bits per heavy atom. The second-order valence-electron chi connectivity index (χ2n) is 6.75. The minimum atomic E-state index is -0.363. The summed E-state index contributed by atoms with van der Waals surface area (Å²) in [5.74, 6) is 0.197. The quantitative estimate of drug-likeness (QED) is 0.846. The monoisotopic (exact) mass is 366 g/mol. The Bertz CT molecular complexity index is 825. The zero-order valence-corrected chi connectivity index (χ0v) is 16.1. The Hall–Kier alpha value is -2.82. The number of amides is 2. The lowest BCUT2D eigenvalue weighted by molar-refractivity contribution is -0.122. The number of nitrogens with zero attached hydrogens (tertiary/aromatic N) is 1.